The van der Waals surface area contributed by atoms with E-state index >= 15 is 0 Å². The molecule has 162 valence electrons. The number of aromatic nitrogens is 3. The van der Waals surface area contributed by atoms with E-state index in [4.69, 9.17) is 14.5 Å². The molecule has 31 heavy (non-hydrogen) atoms. The number of rotatable bonds is 8. The van der Waals surface area contributed by atoms with Gasteiger partial charge in [0.2, 0.25) is 0 Å². The van der Waals surface area contributed by atoms with E-state index in [1.807, 2.05) is 30.3 Å². The molecule has 1 unspecified atom stereocenters. The maximum atomic E-state index is 12.4. The highest BCUT2D eigenvalue weighted by Crippen LogP contribution is 2.31. The maximum absolute atomic E-state index is 12.4. The summed E-state index contributed by atoms with van der Waals surface area (Å²) in [6.07, 6.45) is 4.93. The lowest BCUT2D eigenvalue weighted by Crippen LogP contribution is -2.34. The van der Waals surface area contributed by atoms with Gasteiger partial charge in [-0.2, -0.15) is 0 Å². The highest BCUT2D eigenvalue weighted by Gasteiger charge is 2.26. The Labute approximate surface area is 182 Å². The molecule has 2 aromatic heterocycles. The zero-order valence-corrected chi connectivity index (χ0v) is 17.8. The molecule has 0 aliphatic carbocycles. The van der Waals surface area contributed by atoms with Crippen LogP contribution in [0.5, 0.6) is 5.75 Å². The number of nitrogens with one attached hydrogen (secondary N) is 1. The molecule has 7 heteroatoms. The lowest BCUT2D eigenvalue weighted by molar-refractivity contribution is 0.136. The summed E-state index contributed by atoms with van der Waals surface area (Å²) in [5.74, 6) is 1.36. The van der Waals surface area contributed by atoms with Crippen molar-refractivity contribution < 1.29 is 9.47 Å². The number of pyridine rings is 1. The lowest BCUT2D eigenvalue weighted by Gasteiger charge is -2.35. The molecule has 1 aromatic carbocycles. The second-order valence-electron chi connectivity index (χ2n) is 7.70. The Morgan fingerprint density at radius 3 is 2.90 bits per heavy atom. The van der Waals surface area contributed by atoms with Gasteiger partial charge in [-0.05, 0) is 49.2 Å². The van der Waals surface area contributed by atoms with Crippen molar-refractivity contribution in [2.24, 2.45) is 0 Å². The van der Waals surface area contributed by atoms with Crippen LogP contribution in [0.3, 0.4) is 0 Å². The van der Waals surface area contributed by atoms with Gasteiger partial charge in [0.15, 0.2) is 5.82 Å². The van der Waals surface area contributed by atoms with Crippen molar-refractivity contribution in [3.05, 3.63) is 76.3 Å². The van der Waals surface area contributed by atoms with Crippen LogP contribution in [0.25, 0.3) is 11.5 Å². The minimum atomic E-state index is -0.148. The van der Waals surface area contributed by atoms with E-state index in [1.54, 1.807) is 19.4 Å². The molecule has 7 nitrogen and oxygen atoms in total. The van der Waals surface area contributed by atoms with Crippen molar-refractivity contribution in [1.29, 1.82) is 0 Å². The average Bonchev–Trinajstić information content (AvgIpc) is 2.80. The Hall–Kier alpha value is -3.03. The van der Waals surface area contributed by atoms with E-state index < -0.39 is 0 Å². The van der Waals surface area contributed by atoms with Crippen molar-refractivity contribution in [2.45, 2.75) is 31.8 Å². The van der Waals surface area contributed by atoms with Crippen LogP contribution in [0, 0.1) is 0 Å². The summed E-state index contributed by atoms with van der Waals surface area (Å²) in [6, 6.07) is 15.5. The first-order valence-electron chi connectivity index (χ1n) is 10.7. The molecule has 1 saturated heterocycles. The number of aromatic amines is 1. The second kappa shape index (κ2) is 10.3. The topological polar surface area (TPSA) is 80.3 Å². The third-order valence-corrected chi connectivity index (χ3v) is 5.46. The Morgan fingerprint density at radius 2 is 2.06 bits per heavy atom. The first-order chi connectivity index (χ1) is 15.2. The third kappa shape index (κ3) is 5.57. The number of benzene rings is 1. The van der Waals surface area contributed by atoms with Crippen LogP contribution in [0.2, 0.25) is 0 Å². The fraction of sp³-hybridized carbons (Fsp3) is 0.375. The van der Waals surface area contributed by atoms with Gasteiger partial charge in [-0.25, -0.2) is 4.98 Å². The Morgan fingerprint density at radius 1 is 1.13 bits per heavy atom. The van der Waals surface area contributed by atoms with Gasteiger partial charge in [0.25, 0.3) is 5.56 Å². The number of methoxy groups -OCH3 is 1. The summed E-state index contributed by atoms with van der Waals surface area (Å²) in [7, 11) is 1.66. The van der Waals surface area contributed by atoms with E-state index in [9.17, 15) is 4.79 Å². The monoisotopic (exact) mass is 420 g/mol. The molecule has 1 aliphatic rings. The first-order valence-corrected chi connectivity index (χ1v) is 10.7. The summed E-state index contributed by atoms with van der Waals surface area (Å²) in [4.78, 5) is 26.7. The molecule has 0 spiro atoms. The van der Waals surface area contributed by atoms with Gasteiger partial charge in [0, 0.05) is 25.9 Å². The smallest absolute Gasteiger partial charge is 0.251 e. The van der Waals surface area contributed by atoms with Gasteiger partial charge in [0.1, 0.15) is 18.1 Å². The zero-order chi connectivity index (χ0) is 21.5. The Kier molecular flexibility index (Phi) is 7.07. The minimum absolute atomic E-state index is 0.0941. The number of nitrogens with zero attached hydrogens (tertiary/aromatic N) is 3. The van der Waals surface area contributed by atoms with Gasteiger partial charge < -0.3 is 14.5 Å². The quantitative estimate of drug-likeness (QED) is 0.561. The zero-order valence-electron chi connectivity index (χ0n) is 17.8. The van der Waals surface area contributed by atoms with Crippen LogP contribution in [-0.2, 0) is 11.3 Å². The molecule has 0 bridgehead atoms. The van der Waals surface area contributed by atoms with E-state index in [0.29, 0.717) is 24.7 Å². The van der Waals surface area contributed by atoms with Crippen molar-refractivity contribution in [2.75, 3.05) is 26.9 Å². The normalized spacial score (nSPS) is 16.9. The van der Waals surface area contributed by atoms with E-state index in [0.717, 1.165) is 43.8 Å². The van der Waals surface area contributed by atoms with E-state index in [-0.39, 0.29) is 11.6 Å². The largest absolute Gasteiger partial charge is 0.491 e. The van der Waals surface area contributed by atoms with Gasteiger partial charge in [-0.3, -0.25) is 14.7 Å². The van der Waals surface area contributed by atoms with E-state index in [1.165, 1.54) is 5.56 Å². The molecule has 4 rings (SSSR count). The predicted octanol–water partition coefficient (Wildman–Crippen LogP) is 3.58. The van der Waals surface area contributed by atoms with Gasteiger partial charge >= 0.3 is 0 Å². The number of H-pyrrole nitrogens is 1. The maximum Gasteiger partial charge on any atom is 0.251 e. The summed E-state index contributed by atoms with van der Waals surface area (Å²) in [5, 5.41) is 0. The molecule has 1 atom stereocenters. The fourth-order valence-corrected chi connectivity index (χ4v) is 4.00. The molecule has 0 saturated carbocycles. The summed E-state index contributed by atoms with van der Waals surface area (Å²) < 4.78 is 10.8. The molecule has 0 amide bonds. The number of likely N-dealkylation sites (tertiary alicyclic amines) is 1. The van der Waals surface area contributed by atoms with Crippen molar-refractivity contribution in [3.63, 3.8) is 0 Å². The minimum Gasteiger partial charge on any atom is -0.491 e. The van der Waals surface area contributed by atoms with Crippen LogP contribution in [0.1, 0.15) is 36.6 Å². The molecular weight excluding hydrogens is 392 g/mol. The summed E-state index contributed by atoms with van der Waals surface area (Å²) >= 11 is 0. The molecule has 0 radical (unpaired) electrons. The average molecular weight is 421 g/mol. The summed E-state index contributed by atoms with van der Waals surface area (Å²) in [6.45, 7) is 2.83. The molecule has 1 fully saturated rings. The number of ether oxygens (including phenoxy) is 2. The van der Waals surface area contributed by atoms with Crippen LogP contribution in [-0.4, -0.2) is 46.7 Å². The van der Waals surface area contributed by atoms with Crippen LogP contribution >= 0.6 is 0 Å². The second-order valence-corrected chi connectivity index (χ2v) is 7.70. The SMILES string of the molecule is COCCOc1cccc(CN2CCCCC2c2cc(=O)[nH]c(-c3ccccn3)n2)c1. The lowest BCUT2D eigenvalue weighted by atomic mass is 9.98. The van der Waals surface area contributed by atoms with Gasteiger partial charge in [0.05, 0.1) is 18.3 Å². The highest BCUT2D eigenvalue weighted by atomic mass is 16.5. The number of hydrogen-bond donors (Lipinski definition) is 1. The van der Waals surface area contributed by atoms with Gasteiger partial charge in [-0.1, -0.05) is 24.6 Å². The molecule has 1 aliphatic heterocycles. The van der Waals surface area contributed by atoms with Gasteiger partial charge in [-0.15, -0.1) is 0 Å². The standard InChI is InChI=1S/C24H28N4O3/c1-30-13-14-31-19-8-6-7-18(15-19)17-28-12-5-3-10-22(28)21-16-23(29)27-24(26-21)20-9-2-4-11-25-20/h2,4,6-9,11,15-16,22H,3,5,10,12-14,17H2,1H3,(H,26,27,29). The number of hydrogen-bond acceptors (Lipinski definition) is 6. The Bertz CT molecular complexity index is 1040. The fourth-order valence-electron chi connectivity index (χ4n) is 4.00. The highest BCUT2D eigenvalue weighted by molar-refractivity contribution is 5.48. The van der Waals surface area contributed by atoms with Crippen LogP contribution in [0.15, 0.2) is 59.5 Å². The van der Waals surface area contributed by atoms with Crippen molar-refractivity contribution in [3.8, 4) is 17.3 Å². The third-order valence-electron chi connectivity index (χ3n) is 5.46. The molecular formula is C24H28N4O3. The molecule has 3 heterocycles. The molecule has 1 N–H and O–H groups in total. The van der Waals surface area contributed by atoms with Crippen LogP contribution in [0.4, 0.5) is 0 Å². The number of piperidine rings is 1. The van der Waals surface area contributed by atoms with Crippen molar-refractivity contribution >= 4 is 0 Å². The van der Waals surface area contributed by atoms with Crippen LogP contribution < -0.4 is 10.3 Å². The first kappa shape index (κ1) is 21.2. The van der Waals surface area contributed by atoms with E-state index in [2.05, 4.69) is 27.0 Å². The molecule has 3 aromatic rings. The predicted molar refractivity (Wildman–Crippen MR) is 119 cm³/mol. The Balaban J connectivity index is 1.55. The van der Waals surface area contributed by atoms with Crippen molar-refractivity contribution in [1.82, 2.24) is 19.9 Å². The summed E-state index contributed by atoms with van der Waals surface area (Å²) in [5.41, 5.74) is 2.50.